The molecule has 11 heteroatoms. The summed E-state index contributed by atoms with van der Waals surface area (Å²) < 4.78 is 12.2. The molecule has 0 saturated carbocycles. The average Bonchev–Trinajstić information content (AvgIpc) is 3.70. The first-order valence-electron chi connectivity index (χ1n) is 17.2. The highest BCUT2D eigenvalue weighted by Gasteiger charge is 2.45. The highest BCUT2D eigenvalue weighted by atomic mass is 35.5. The summed E-state index contributed by atoms with van der Waals surface area (Å²) in [6.45, 7) is 13.1. The van der Waals surface area contributed by atoms with Gasteiger partial charge in [0.2, 0.25) is 0 Å². The maximum absolute atomic E-state index is 15.4. The third-order valence-electron chi connectivity index (χ3n) is 10.5. The number of nitrogens with zero attached hydrogens (tertiary/aromatic N) is 5. The molecule has 0 bridgehead atoms. The largest absolute Gasteiger partial charge is 0.494 e. The molecule has 2 atom stereocenters. The topological polar surface area (TPSA) is 94.5 Å². The number of halogens is 2. The van der Waals surface area contributed by atoms with Crippen LogP contribution in [0.2, 0.25) is 10.0 Å². The van der Waals surface area contributed by atoms with Crippen molar-refractivity contribution in [1.29, 1.82) is 0 Å². The molecule has 0 saturated heterocycles. The molecule has 7 rings (SSSR count). The van der Waals surface area contributed by atoms with Gasteiger partial charge in [-0.25, -0.2) is 4.79 Å². The van der Waals surface area contributed by atoms with E-state index < -0.39 is 12.0 Å². The Morgan fingerprint density at radius 1 is 0.980 bits per heavy atom. The number of anilines is 1. The van der Waals surface area contributed by atoms with Crippen LogP contribution >= 0.6 is 23.2 Å². The van der Waals surface area contributed by atoms with E-state index in [0.29, 0.717) is 47.9 Å². The summed E-state index contributed by atoms with van der Waals surface area (Å²) in [6.07, 6.45) is 1.26. The number of carboxylic acid groups (broad SMARTS) is 1. The molecule has 0 radical (unpaired) electrons. The number of carboxylic acids is 1. The number of carbonyl (C=O) groups excluding carboxylic acids is 1. The fourth-order valence-corrected chi connectivity index (χ4v) is 8.39. The zero-order valence-corrected chi connectivity index (χ0v) is 31.4. The van der Waals surface area contributed by atoms with Gasteiger partial charge in [0.25, 0.3) is 5.91 Å². The molecule has 51 heavy (non-hydrogen) atoms. The van der Waals surface area contributed by atoms with Gasteiger partial charge >= 0.3 is 5.97 Å². The van der Waals surface area contributed by atoms with Crippen LogP contribution in [0.3, 0.4) is 0 Å². The Morgan fingerprint density at radius 2 is 1.71 bits per heavy atom. The lowest BCUT2D eigenvalue weighted by atomic mass is 9.92. The molecule has 3 aromatic carbocycles. The first kappa shape index (κ1) is 34.7. The third-order valence-corrected chi connectivity index (χ3v) is 11.3. The van der Waals surface area contributed by atoms with Crippen LogP contribution in [0.25, 0.3) is 21.8 Å². The minimum absolute atomic E-state index is 0.165. The van der Waals surface area contributed by atoms with Crippen molar-refractivity contribution in [2.75, 3.05) is 11.5 Å². The molecule has 4 heterocycles. The molecule has 6 aromatic rings. The Balaban J connectivity index is 1.40. The normalized spacial score (nSPS) is 16.0. The van der Waals surface area contributed by atoms with Crippen molar-refractivity contribution in [3.63, 3.8) is 0 Å². The Morgan fingerprint density at radius 3 is 2.35 bits per heavy atom. The highest BCUT2D eigenvalue weighted by molar-refractivity contribution is 6.32. The lowest BCUT2D eigenvalue weighted by Crippen LogP contribution is -2.46. The third kappa shape index (κ3) is 5.58. The second-order valence-electron chi connectivity index (χ2n) is 13.5. The van der Waals surface area contributed by atoms with E-state index in [2.05, 4.69) is 11.5 Å². The maximum atomic E-state index is 15.4. The molecule has 264 valence electrons. The van der Waals surface area contributed by atoms with Crippen LogP contribution in [0.15, 0.2) is 54.6 Å². The number of hydrogen-bond donors (Lipinski definition) is 1. The Bertz CT molecular complexity index is 2360. The van der Waals surface area contributed by atoms with Crippen molar-refractivity contribution in [1.82, 2.24) is 18.9 Å². The van der Waals surface area contributed by atoms with Crippen LogP contribution in [-0.4, -0.2) is 42.5 Å². The van der Waals surface area contributed by atoms with Crippen LogP contribution in [0.4, 0.5) is 5.82 Å². The molecule has 1 aliphatic rings. The molecule has 3 aromatic heterocycles. The molecule has 1 aliphatic heterocycles. The van der Waals surface area contributed by atoms with Crippen molar-refractivity contribution < 1.29 is 19.4 Å². The SMILES string of the molecule is CCn1c(N2C(=O)c3c(CCCOc4cc(C)c(Cl)c(C)c4)c4ccc(Cl)cc4n3C(C)[C@H]2c2c(C)nn(C)c2C)cc2c(C(=O)O)cccc21. The first-order valence-corrected chi connectivity index (χ1v) is 18.0. The second kappa shape index (κ2) is 13.1. The molecule has 0 aliphatic carbocycles. The molecular weight excluding hydrogens is 685 g/mol. The van der Waals surface area contributed by atoms with Crippen molar-refractivity contribution in [3.8, 4) is 5.75 Å². The quantitative estimate of drug-likeness (QED) is 0.150. The van der Waals surface area contributed by atoms with Gasteiger partial charge < -0.3 is 19.0 Å². The van der Waals surface area contributed by atoms with E-state index in [1.807, 2.05) is 98.3 Å². The molecule has 9 nitrogen and oxygen atoms in total. The number of benzene rings is 3. The Hall–Kier alpha value is -4.73. The van der Waals surface area contributed by atoms with E-state index in [-0.39, 0.29) is 17.5 Å². The Kier molecular flexibility index (Phi) is 8.92. The fourth-order valence-electron chi connectivity index (χ4n) is 8.11. The number of aryl methyl sites for hydroxylation is 6. The van der Waals surface area contributed by atoms with Crippen LogP contribution in [0.1, 0.15) is 86.8 Å². The zero-order chi connectivity index (χ0) is 36.5. The van der Waals surface area contributed by atoms with Gasteiger partial charge in [-0.15, -0.1) is 0 Å². The fraction of sp³-hybridized carbons (Fsp3) is 0.325. The van der Waals surface area contributed by atoms with E-state index in [0.717, 1.165) is 60.8 Å². The molecular formula is C40H41Cl2N5O4. The van der Waals surface area contributed by atoms with E-state index in [1.165, 1.54) is 0 Å². The summed E-state index contributed by atoms with van der Waals surface area (Å²) in [4.78, 5) is 29.7. The summed E-state index contributed by atoms with van der Waals surface area (Å²) in [7, 11) is 1.91. The molecule has 1 unspecified atom stereocenters. The van der Waals surface area contributed by atoms with Gasteiger partial charge in [0.15, 0.2) is 0 Å². The van der Waals surface area contributed by atoms with Crippen molar-refractivity contribution in [2.45, 2.75) is 73.0 Å². The predicted octanol–water partition coefficient (Wildman–Crippen LogP) is 9.56. The number of aromatic nitrogens is 4. The zero-order valence-electron chi connectivity index (χ0n) is 29.8. The summed E-state index contributed by atoms with van der Waals surface area (Å²) in [5.74, 6) is 0.226. The number of ether oxygens (including phenoxy) is 1. The number of fused-ring (bicyclic) bond motifs is 4. The first-order chi connectivity index (χ1) is 24.3. The maximum Gasteiger partial charge on any atom is 0.336 e. The van der Waals surface area contributed by atoms with Gasteiger partial charge in [-0.05, 0) is 114 Å². The monoisotopic (exact) mass is 725 g/mol. The predicted molar refractivity (Wildman–Crippen MR) is 203 cm³/mol. The average molecular weight is 727 g/mol. The van der Waals surface area contributed by atoms with Crippen LogP contribution < -0.4 is 9.64 Å². The standard InChI is InChI=1S/C40H41Cl2N5O4/c1-8-45-32-13-9-11-30(40(49)50)31(32)20-34(45)47-37(35-23(4)43-44(7)24(35)5)25(6)46-33-19-26(41)14-15-28(33)29(38(46)39(47)48)12-10-16-51-27-17-21(2)36(42)22(3)18-27/h9,11,13-15,17-20,25,37H,8,10,12,16H2,1-7H3,(H,49,50)/t25?,37-/m0/s1. The number of amides is 1. The lowest BCUT2D eigenvalue weighted by Gasteiger charge is -2.42. The summed E-state index contributed by atoms with van der Waals surface area (Å²) in [5, 5.41) is 17.8. The van der Waals surface area contributed by atoms with Gasteiger partial charge in [-0.1, -0.05) is 35.3 Å². The molecule has 1 amide bonds. The highest BCUT2D eigenvalue weighted by Crippen LogP contribution is 2.48. The number of carbonyl (C=O) groups is 2. The smallest absolute Gasteiger partial charge is 0.336 e. The number of hydrogen-bond acceptors (Lipinski definition) is 4. The Labute approximate surface area is 306 Å². The second-order valence-corrected chi connectivity index (χ2v) is 14.4. The van der Waals surface area contributed by atoms with E-state index >= 15 is 4.79 Å². The van der Waals surface area contributed by atoms with Gasteiger partial charge in [-0.2, -0.15) is 5.10 Å². The van der Waals surface area contributed by atoms with Crippen LogP contribution in [-0.2, 0) is 20.0 Å². The lowest BCUT2D eigenvalue weighted by molar-refractivity contribution is 0.0698. The van der Waals surface area contributed by atoms with Gasteiger partial charge in [0, 0.05) is 45.7 Å². The van der Waals surface area contributed by atoms with Gasteiger partial charge in [-0.3, -0.25) is 14.4 Å². The van der Waals surface area contributed by atoms with Crippen molar-refractivity contribution >= 4 is 62.7 Å². The van der Waals surface area contributed by atoms with E-state index in [9.17, 15) is 9.90 Å². The van der Waals surface area contributed by atoms with Crippen molar-refractivity contribution in [2.24, 2.45) is 7.05 Å². The minimum atomic E-state index is -1.01. The summed E-state index contributed by atoms with van der Waals surface area (Å²) in [5.41, 5.74) is 8.04. The van der Waals surface area contributed by atoms with Gasteiger partial charge in [0.1, 0.15) is 17.3 Å². The van der Waals surface area contributed by atoms with Crippen molar-refractivity contribution in [3.05, 3.63) is 110 Å². The van der Waals surface area contributed by atoms with E-state index in [1.54, 1.807) is 12.1 Å². The van der Waals surface area contributed by atoms with Gasteiger partial charge in [0.05, 0.1) is 41.0 Å². The number of aromatic carboxylic acids is 1. The summed E-state index contributed by atoms with van der Waals surface area (Å²) in [6, 6.07) is 16.2. The molecule has 0 fully saturated rings. The summed E-state index contributed by atoms with van der Waals surface area (Å²) >= 11 is 13.0. The molecule has 1 N–H and O–H groups in total. The molecule has 0 spiro atoms. The van der Waals surface area contributed by atoms with Crippen LogP contribution in [0, 0.1) is 27.7 Å². The number of rotatable bonds is 9. The van der Waals surface area contributed by atoms with Crippen LogP contribution in [0.5, 0.6) is 5.75 Å². The van der Waals surface area contributed by atoms with E-state index in [4.69, 9.17) is 33.0 Å². The minimum Gasteiger partial charge on any atom is -0.494 e.